The first-order valence-corrected chi connectivity index (χ1v) is 7.73. The molecular formula is C17H24N2O2. The minimum atomic E-state index is 0.00862. The highest BCUT2D eigenvalue weighted by Crippen LogP contribution is 2.29. The highest BCUT2D eigenvalue weighted by molar-refractivity contribution is 5.90. The van der Waals surface area contributed by atoms with Crippen LogP contribution < -0.4 is 5.32 Å². The van der Waals surface area contributed by atoms with Gasteiger partial charge in [-0.25, -0.2) is 4.79 Å². The summed E-state index contributed by atoms with van der Waals surface area (Å²) in [5, 5.41) is 3.02. The van der Waals surface area contributed by atoms with Crippen molar-refractivity contribution >= 4 is 11.7 Å². The lowest BCUT2D eigenvalue weighted by Crippen LogP contribution is -2.50. The molecule has 1 aromatic carbocycles. The van der Waals surface area contributed by atoms with Crippen molar-refractivity contribution in [1.82, 2.24) is 4.90 Å². The van der Waals surface area contributed by atoms with E-state index in [1.165, 1.54) is 5.56 Å². The average Bonchev–Trinajstić information content (AvgIpc) is 2.68. The zero-order valence-electron chi connectivity index (χ0n) is 13.1. The summed E-state index contributed by atoms with van der Waals surface area (Å²) in [6, 6.07) is 8.65. The molecule has 0 spiro atoms. The van der Waals surface area contributed by atoms with Gasteiger partial charge in [0.05, 0.1) is 25.3 Å². The lowest BCUT2D eigenvalue weighted by Gasteiger charge is -2.34. The van der Waals surface area contributed by atoms with Crippen LogP contribution in [0.1, 0.15) is 39.2 Å². The van der Waals surface area contributed by atoms with Crippen LogP contribution in [0.3, 0.4) is 0 Å². The van der Waals surface area contributed by atoms with Crippen LogP contribution in [-0.4, -0.2) is 36.2 Å². The summed E-state index contributed by atoms with van der Waals surface area (Å²) in [5.41, 5.74) is 2.26. The van der Waals surface area contributed by atoms with Gasteiger partial charge in [0.15, 0.2) is 0 Å². The molecule has 2 aliphatic heterocycles. The molecule has 3 rings (SSSR count). The Labute approximate surface area is 126 Å². The van der Waals surface area contributed by atoms with Crippen LogP contribution in [-0.2, 0) is 10.2 Å². The van der Waals surface area contributed by atoms with E-state index in [1.54, 1.807) is 0 Å². The van der Waals surface area contributed by atoms with Crippen molar-refractivity contribution in [3.8, 4) is 0 Å². The number of amides is 2. The number of urea groups is 1. The minimum Gasteiger partial charge on any atom is -0.377 e. The molecule has 0 radical (unpaired) electrons. The van der Waals surface area contributed by atoms with E-state index in [9.17, 15) is 4.79 Å². The highest BCUT2D eigenvalue weighted by atomic mass is 16.5. The highest BCUT2D eigenvalue weighted by Gasteiger charge is 2.40. The largest absolute Gasteiger partial charge is 0.377 e. The van der Waals surface area contributed by atoms with E-state index in [4.69, 9.17) is 4.74 Å². The summed E-state index contributed by atoms with van der Waals surface area (Å²) in [6.07, 6.45) is 2.11. The molecule has 0 saturated carbocycles. The molecule has 2 fully saturated rings. The number of hydrogen-bond acceptors (Lipinski definition) is 2. The zero-order chi connectivity index (χ0) is 15.0. The lowest BCUT2D eigenvalue weighted by atomic mass is 9.87. The molecular weight excluding hydrogens is 264 g/mol. The second-order valence-corrected chi connectivity index (χ2v) is 7.09. The molecule has 4 heteroatoms. The number of carbonyl (C=O) groups excluding carboxylic acids is 1. The number of morpholine rings is 1. The standard InChI is InChI=1S/C17H24N2O2/c1-17(2,3)12-4-6-13(7-5-12)18-16(20)19-14-8-9-15(19)11-21-10-14/h4-7,14-15H,8-11H2,1-3H3,(H,18,20)/t14-,15-/m0/s1. The van der Waals surface area contributed by atoms with Gasteiger partial charge in [-0.15, -0.1) is 0 Å². The molecule has 1 aromatic rings. The normalized spacial score (nSPS) is 25.0. The molecule has 21 heavy (non-hydrogen) atoms. The van der Waals surface area contributed by atoms with Gasteiger partial charge in [-0.1, -0.05) is 32.9 Å². The summed E-state index contributed by atoms with van der Waals surface area (Å²) in [4.78, 5) is 14.4. The maximum Gasteiger partial charge on any atom is 0.322 e. The van der Waals surface area contributed by atoms with Crippen molar-refractivity contribution in [3.63, 3.8) is 0 Å². The van der Waals surface area contributed by atoms with Crippen molar-refractivity contribution in [1.29, 1.82) is 0 Å². The van der Waals surface area contributed by atoms with Crippen molar-refractivity contribution in [2.45, 2.75) is 51.1 Å². The molecule has 2 aliphatic rings. The van der Waals surface area contributed by atoms with Gasteiger partial charge in [0.1, 0.15) is 0 Å². The number of rotatable bonds is 1. The minimum absolute atomic E-state index is 0.00862. The Hall–Kier alpha value is -1.55. The first-order chi connectivity index (χ1) is 9.95. The SMILES string of the molecule is CC(C)(C)c1ccc(NC(=O)N2[C@H]3CC[C@H]2COC3)cc1. The predicted molar refractivity (Wildman–Crippen MR) is 83.6 cm³/mol. The van der Waals surface area contributed by atoms with Crippen molar-refractivity contribution in [2.75, 3.05) is 18.5 Å². The van der Waals surface area contributed by atoms with Gasteiger partial charge < -0.3 is 15.0 Å². The zero-order valence-corrected chi connectivity index (χ0v) is 13.1. The fourth-order valence-electron chi connectivity index (χ4n) is 3.20. The average molecular weight is 288 g/mol. The molecule has 0 aliphatic carbocycles. The summed E-state index contributed by atoms with van der Waals surface area (Å²) in [6.45, 7) is 7.91. The van der Waals surface area contributed by atoms with E-state index in [0.29, 0.717) is 13.2 Å². The second-order valence-electron chi connectivity index (χ2n) is 7.09. The van der Waals surface area contributed by atoms with Gasteiger partial charge in [-0.3, -0.25) is 0 Å². The maximum atomic E-state index is 12.5. The number of nitrogens with one attached hydrogen (secondary N) is 1. The van der Waals surface area contributed by atoms with Gasteiger partial charge in [-0.05, 0) is 36.0 Å². The Balaban J connectivity index is 1.68. The van der Waals surface area contributed by atoms with Crippen LogP contribution in [0.25, 0.3) is 0 Å². The summed E-state index contributed by atoms with van der Waals surface area (Å²) in [5.74, 6) is 0. The lowest BCUT2D eigenvalue weighted by molar-refractivity contribution is 0.00949. The Morgan fingerprint density at radius 3 is 2.24 bits per heavy atom. The van der Waals surface area contributed by atoms with Gasteiger partial charge >= 0.3 is 6.03 Å². The molecule has 4 nitrogen and oxygen atoms in total. The number of hydrogen-bond donors (Lipinski definition) is 1. The first-order valence-electron chi connectivity index (χ1n) is 7.73. The molecule has 1 N–H and O–H groups in total. The number of fused-ring (bicyclic) bond motifs is 2. The summed E-state index contributed by atoms with van der Waals surface area (Å²) >= 11 is 0. The number of carbonyl (C=O) groups is 1. The maximum absolute atomic E-state index is 12.5. The van der Waals surface area contributed by atoms with Crippen LogP contribution in [0.15, 0.2) is 24.3 Å². The summed E-state index contributed by atoms with van der Waals surface area (Å²) < 4.78 is 5.52. The number of ether oxygens (including phenoxy) is 1. The molecule has 0 unspecified atom stereocenters. The smallest absolute Gasteiger partial charge is 0.322 e. The van der Waals surface area contributed by atoms with E-state index in [1.807, 2.05) is 17.0 Å². The Morgan fingerprint density at radius 2 is 1.71 bits per heavy atom. The van der Waals surface area contributed by atoms with Crippen molar-refractivity contribution < 1.29 is 9.53 Å². The van der Waals surface area contributed by atoms with Gasteiger partial charge in [0.25, 0.3) is 0 Å². The fourth-order valence-corrected chi connectivity index (χ4v) is 3.20. The molecule has 2 bridgehead atoms. The molecule has 2 saturated heterocycles. The third-order valence-corrected chi connectivity index (χ3v) is 4.48. The Kier molecular flexibility index (Phi) is 3.66. The van der Waals surface area contributed by atoms with E-state index >= 15 is 0 Å². The van der Waals surface area contributed by atoms with E-state index in [0.717, 1.165) is 18.5 Å². The summed E-state index contributed by atoms with van der Waals surface area (Å²) in [7, 11) is 0. The molecule has 114 valence electrons. The van der Waals surface area contributed by atoms with E-state index < -0.39 is 0 Å². The Bertz CT molecular complexity index is 503. The number of nitrogens with zero attached hydrogens (tertiary/aromatic N) is 1. The fraction of sp³-hybridized carbons (Fsp3) is 0.588. The van der Waals surface area contributed by atoms with Crippen LogP contribution >= 0.6 is 0 Å². The van der Waals surface area contributed by atoms with Gasteiger partial charge in [0.2, 0.25) is 0 Å². The monoisotopic (exact) mass is 288 g/mol. The first kappa shape index (κ1) is 14.4. The second kappa shape index (κ2) is 5.34. The van der Waals surface area contributed by atoms with Crippen LogP contribution in [0.2, 0.25) is 0 Å². The van der Waals surface area contributed by atoms with Crippen LogP contribution in [0.5, 0.6) is 0 Å². The third-order valence-electron chi connectivity index (χ3n) is 4.48. The molecule has 0 aromatic heterocycles. The van der Waals surface area contributed by atoms with E-state index in [-0.39, 0.29) is 23.5 Å². The van der Waals surface area contributed by atoms with Gasteiger partial charge in [-0.2, -0.15) is 0 Å². The Morgan fingerprint density at radius 1 is 1.14 bits per heavy atom. The molecule has 2 amide bonds. The predicted octanol–water partition coefficient (Wildman–Crippen LogP) is 3.38. The quantitative estimate of drug-likeness (QED) is 0.860. The van der Waals surface area contributed by atoms with Crippen molar-refractivity contribution in [3.05, 3.63) is 29.8 Å². The molecule has 2 heterocycles. The number of benzene rings is 1. The van der Waals surface area contributed by atoms with Crippen LogP contribution in [0.4, 0.5) is 10.5 Å². The molecule has 2 atom stereocenters. The van der Waals surface area contributed by atoms with E-state index in [2.05, 4.69) is 38.2 Å². The number of anilines is 1. The van der Waals surface area contributed by atoms with Crippen molar-refractivity contribution in [2.24, 2.45) is 0 Å². The topological polar surface area (TPSA) is 41.6 Å². The third kappa shape index (κ3) is 2.91. The van der Waals surface area contributed by atoms with Gasteiger partial charge in [0, 0.05) is 5.69 Å². The van der Waals surface area contributed by atoms with Crippen LogP contribution in [0, 0.1) is 0 Å².